The normalized spacial score (nSPS) is 14.8. The van der Waals surface area contributed by atoms with Crippen molar-refractivity contribution >= 4 is 17.5 Å². The molecule has 7 nitrogen and oxygen atoms in total. The first kappa shape index (κ1) is 28.2. The minimum atomic E-state index is -0.369. The quantitative estimate of drug-likeness (QED) is 0.180. The van der Waals surface area contributed by atoms with E-state index in [1.807, 2.05) is 83.8 Å². The molecule has 2 amide bonds. The topological polar surface area (TPSA) is 79.9 Å². The van der Waals surface area contributed by atoms with Crippen molar-refractivity contribution in [3.05, 3.63) is 161 Å². The van der Waals surface area contributed by atoms with Crippen molar-refractivity contribution < 1.29 is 19.1 Å². The maximum absolute atomic E-state index is 13.5. The standard InChI is InChI=1S/C38H33N3O4/c42-37(39-22-21-31(27-9-3-1-4-10-27)28-11-5-2-6-12-28)29-16-18-30(19-17-29)40-36-32-13-7-8-14-33(32)38(43)41(36)24-26-15-20-34-35(23-26)45-25-44-34/h1-20,23,31,36,40H,21-22,24-25H2,(H,39,42). The number of anilines is 1. The molecular weight excluding hydrogens is 562 g/mol. The van der Waals surface area contributed by atoms with E-state index in [1.165, 1.54) is 11.1 Å². The van der Waals surface area contributed by atoms with Crippen LogP contribution < -0.4 is 20.1 Å². The summed E-state index contributed by atoms with van der Waals surface area (Å²) < 4.78 is 11.0. The van der Waals surface area contributed by atoms with E-state index >= 15 is 0 Å². The highest BCUT2D eigenvalue weighted by Crippen LogP contribution is 2.38. The van der Waals surface area contributed by atoms with E-state index in [0.29, 0.717) is 35.7 Å². The Morgan fingerprint density at radius 3 is 2.18 bits per heavy atom. The molecule has 2 aliphatic rings. The predicted octanol–water partition coefficient (Wildman–Crippen LogP) is 7.13. The average Bonchev–Trinajstić information content (AvgIpc) is 3.66. The Morgan fingerprint density at radius 1 is 0.778 bits per heavy atom. The summed E-state index contributed by atoms with van der Waals surface area (Å²) in [5.74, 6) is 1.43. The lowest BCUT2D eigenvalue weighted by atomic mass is 9.88. The molecule has 5 aromatic rings. The Hall–Kier alpha value is -5.56. The Labute approximate surface area is 262 Å². The van der Waals surface area contributed by atoms with Gasteiger partial charge in [-0.15, -0.1) is 0 Å². The van der Waals surface area contributed by atoms with E-state index in [2.05, 4.69) is 59.2 Å². The lowest BCUT2D eigenvalue weighted by Gasteiger charge is -2.27. The van der Waals surface area contributed by atoms with Crippen LogP contribution in [0.4, 0.5) is 5.69 Å². The first-order valence-electron chi connectivity index (χ1n) is 15.2. The molecule has 0 fully saturated rings. The molecular formula is C38H33N3O4. The van der Waals surface area contributed by atoms with E-state index in [4.69, 9.17) is 9.47 Å². The van der Waals surface area contributed by atoms with E-state index in [9.17, 15) is 9.59 Å². The first-order valence-corrected chi connectivity index (χ1v) is 15.2. The predicted molar refractivity (Wildman–Crippen MR) is 173 cm³/mol. The largest absolute Gasteiger partial charge is 0.454 e. The van der Waals surface area contributed by atoms with Crippen molar-refractivity contribution in [2.24, 2.45) is 0 Å². The Balaban J connectivity index is 1.02. The summed E-state index contributed by atoms with van der Waals surface area (Å²) in [5.41, 5.74) is 6.39. The fourth-order valence-electron chi connectivity index (χ4n) is 6.13. The number of carbonyl (C=O) groups excluding carboxylic acids is 2. The van der Waals surface area contributed by atoms with Gasteiger partial charge < -0.3 is 25.0 Å². The number of amides is 2. The van der Waals surface area contributed by atoms with Gasteiger partial charge in [-0.05, 0) is 65.6 Å². The van der Waals surface area contributed by atoms with Crippen molar-refractivity contribution in [1.29, 1.82) is 0 Å². The summed E-state index contributed by atoms with van der Waals surface area (Å²) in [6.07, 6.45) is 0.417. The summed E-state index contributed by atoms with van der Waals surface area (Å²) in [4.78, 5) is 28.4. The monoisotopic (exact) mass is 595 g/mol. The minimum Gasteiger partial charge on any atom is -0.454 e. The number of benzene rings is 5. The Morgan fingerprint density at radius 2 is 1.44 bits per heavy atom. The van der Waals surface area contributed by atoms with Crippen LogP contribution in [0.2, 0.25) is 0 Å². The van der Waals surface area contributed by atoms with Gasteiger partial charge >= 0.3 is 0 Å². The number of ether oxygens (including phenoxy) is 2. The van der Waals surface area contributed by atoms with Gasteiger partial charge in [0.05, 0.1) is 0 Å². The van der Waals surface area contributed by atoms with Gasteiger partial charge in [-0.3, -0.25) is 9.59 Å². The molecule has 0 aromatic heterocycles. The number of nitrogens with one attached hydrogen (secondary N) is 2. The van der Waals surface area contributed by atoms with Crippen LogP contribution in [0.15, 0.2) is 127 Å². The molecule has 0 radical (unpaired) electrons. The molecule has 2 aliphatic heterocycles. The molecule has 0 spiro atoms. The summed E-state index contributed by atoms with van der Waals surface area (Å²) in [6, 6.07) is 41.6. The molecule has 5 aromatic carbocycles. The third-order valence-corrected chi connectivity index (χ3v) is 8.42. The van der Waals surface area contributed by atoms with Gasteiger partial charge in [-0.25, -0.2) is 0 Å². The fourth-order valence-corrected chi connectivity index (χ4v) is 6.13. The Kier molecular flexibility index (Phi) is 7.89. The van der Waals surface area contributed by atoms with Crippen molar-refractivity contribution in [2.75, 3.05) is 18.7 Å². The van der Waals surface area contributed by atoms with Crippen molar-refractivity contribution in [3.8, 4) is 11.5 Å². The molecule has 0 saturated carbocycles. The molecule has 0 aliphatic carbocycles. The van der Waals surface area contributed by atoms with E-state index in [0.717, 1.165) is 23.2 Å². The maximum atomic E-state index is 13.5. The summed E-state index contributed by atoms with van der Waals surface area (Å²) in [6.45, 7) is 1.14. The summed E-state index contributed by atoms with van der Waals surface area (Å²) >= 11 is 0. The van der Waals surface area contributed by atoms with Gasteiger partial charge in [0.15, 0.2) is 11.5 Å². The molecule has 7 heteroatoms. The van der Waals surface area contributed by atoms with Crippen LogP contribution in [0.3, 0.4) is 0 Å². The van der Waals surface area contributed by atoms with Crippen LogP contribution in [0.25, 0.3) is 0 Å². The first-order chi connectivity index (χ1) is 22.1. The molecule has 1 unspecified atom stereocenters. The van der Waals surface area contributed by atoms with Crippen LogP contribution in [-0.4, -0.2) is 30.1 Å². The van der Waals surface area contributed by atoms with Crippen LogP contribution in [-0.2, 0) is 6.54 Å². The lowest BCUT2D eigenvalue weighted by molar-refractivity contribution is 0.0728. The number of carbonyl (C=O) groups is 2. The molecule has 45 heavy (non-hydrogen) atoms. The van der Waals surface area contributed by atoms with E-state index in [-0.39, 0.29) is 30.7 Å². The molecule has 2 N–H and O–H groups in total. The fraction of sp³-hybridized carbons (Fsp3) is 0.158. The van der Waals surface area contributed by atoms with Crippen molar-refractivity contribution in [3.63, 3.8) is 0 Å². The van der Waals surface area contributed by atoms with Crippen molar-refractivity contribution in [2.45, 2.75) is 25.0 Å². The zero-order valence-corrected chi connectivity index (χ0v) is 24.7. The molecule has 1 atom stereocenters. The number of nitrogens with zero attached hydrogens (tertiary/aromatic N) is 1. The highest BCUT2D eigenvalue weighted by atomic mass is 16.7. The number of fused-ring (bicyclic) bond motifs is 2. The van der Waals surface area contributed by atoms with Gasteiger partial charge in [0, 0.05) is 41.4 Å². The number of hydrogen-bond donors (Lipinski definition) is 2. The number of rotatable bonds is 10. The summed E-state index contributed by atoms with van der Waals surface area (Å²) in [5, 5.41) is 6.63. The molecule has 2 heterocycles. The van der Waals surface area contributed by atoms with E-state index < -0.39 is 0 Å². The zero-order valence-electron chi connectivity index (χ0n) is 24.7. The van der Waals surface area contributed by atoms with Crippen LogP contribution >= 0.6 is 0 Å². The lowest BCUT2D eigenvalue weighted by Crippen LogP contribution is -2.32. The highest BCUT2D eigenvalue weighted by Gasteiger charge is 2.36. The third kappa shape index (κ3) is 5.97. The third-order valence-electron chi connectivity index (χ3n) is 8.42. The summed E-state index contributed by atoms with van der Waals surface area (Å²) in [7, 11) is 0. The second-order valence-electron chi connectivity index (χ2n) is 11.3. The molecule has 0 saturated heterocycles. The van der Waals surface area contributed by atoms with Crippen LogP contribution in [0.1, 0.15) is 61.5 Å². The molecule has 224 valence electrons. The molecule has 0 bridgehead atoms. The maximum Gasteiger partial charge on any atom is 0.256 e. The van der Waals surface area contributed by atoms with Gasteiger partial charge in [0.1, 0.15) is 6.17 Å². The van der Waals surface area contributed by atoms with Gasteiger partial charge in [0.25, 0.3) is 11.8 Å². The smallest absolute Gasteiger partial charge is 0.256 e. The van der Waals surface area contributed by atoms with Crippen LogP contribution in [0, 0.1) is 0 Å². The minimum absolute atomic E-state index is 0.0407. The van der Waals surface area contributed by atoms with Gasteiger partial charge in [0.2, 0.25) is 6.79 Å². The van der Waals surface area contributed by atoms with Crippen LogP contribution in [0.5, 0.6) is 11.5 Å². The second kappa shape index (κ2) is 12.6. The second-order valence-corrected chi connectivity index (χ2v) is 11.3. The SMILES string of the molecule is O=C(NCCC(c1ccccc1)c1ccccc1)c1ccc(NC2c3ccccc3C(=O)N2Cc2ccc3c(c2)OCO3)cc1. The average molecular weight is 596 g/mol. The zero-order chi connectivity index (χ0) is 30.6. The highest BCUT2D eigenvalue weighted by molar-refractivity contribution is 5.99. The van der Waals surface area contributed by atoms with Crippen molar-refractivity contribution in [1.82, 2.24) is 10.2 Å². The van der Waals surface area contributed by atoms with Gasteiger partial charge in [-0.1, -0.05) is 84.9 Å². The molecule has 7 rings (SSSR count). The number of hydrogen-bond acceptors (Lipinski definition) is 5. The Bertz CT molecular complexity index is 1770. The van der Waals surface area contributed by atoms with E-state index in [1.54, 1.807) is 0 Å². The van der Waals surface area contributed by atoms with Gasteiger partial charge in [-0.2, -0.15) is 0 Å².